The van der Waals surface area contributed by atoms with Crippen molar-refractivity contribution in [2.24, 2.45) is 0 Å². The topological polar surface area (TPSA) is 27.7 Å². The molecule has 0 saturated carbocycles. The van der Waals surface area contributed by atoms with Gasteiger partial charge in [-0.1, -0.05) is 0 Å². The summed E-state index contributed by atoms with van der Waals surface area (Å²) in [6.07, 6.45) is -7.34. The SMILES string of the molecule is CC1(C)OB(c2cc(C(F)(F)F)ccc2OCC(F)F)OC1(C)C. The minimum atomic E-state index is -4.58. The highest BCUT2D eigenvalue weighted by Gasteiger charge is 2.53. The van der Waals surface area contributed by atoms with E-state index in [1.165, 1.54) is 0 Å². The zero-order chi connectivity index (χ0) is 18.3. The third kappa shape index (κ3) is 3.83. The molecule has 1 aromatic carbocycles. The highest BCUT2D eigenvalue weighted by atomic mass is 19.4. The highest BCUT2D eigenvalue weighted by Crippen LogP contribution is 2.38. The van der Waals surface area contributed by atoms with Gasteiger partial charge >= 0.3 is 13.3 Å². The number of benzene rings is 1. The van der Waals surface area contributed by atoms with Gasteiger partial charge in [-0.2, -0.15) is 13.2 Å². The van der Waals surface area contributed by atoms with Gasteiger partial charge in [0, 0.05) is 5.46 Å². The fourth-order valence-electron chi connectivity index (χ4n) is 2.16. The Balaban J connectivity index is 2.41. The molecule has 0 unspecified atom stereocenters. The molecule has 0 radical (unpaired) electrons. The molecule has 9 heteroatoms. The summed E-state index contributed by atoms with van der Waals surface area (Å²) in [5.74, 6) is -0.123. The maximum absolute atomic E-state index is 13.0. The largest absolute Gasteiger partial charge is 0.498 e. The van der Waals surface area contributed by atoms with Gasteiger partial charge in [0.15, 0.2) is 0 Å². The number of rotatable bonds is 4. The standard InChI is InChI=1S/C15H18BF5O3/c1-13(2)14(3,4)24-16(23-13)10-7-9(15(19,20)21)5-6-11(10)22-8-12(17)18/h5-7,12H,8H2,1-4H3. The Bertz CT molecular complexity index is 585. The lowest BCUT2D eigenvalue weighted by Gasteiger charge is -2.32. The van der Waals surface area contributed by atoms with Crippen LogP contribution < -0.4 is 10.2 Å². The quantitative estimate of drug-likeness (QED) is 0.612. The van der Waals surface area contributed by atoms with Crippen molar-refractivity contribution in [2.75, 3.05) is 6.61 Å². The van der Waals surface area contributed by atoms with Crippen molar-refractivity contribution < 1.29 is 36.0 Å². The summed E-state index contributed by atoms with van der Waals surface area (Å²) in [6, 6.07) is 2.59. The summed E-state index contributed by atoms with van der Waals surface area (Å²) in [5, 5.41) is 0. The van der Waals surface area contributed by atoms with E-state index in [-0.39, 0.29) is 11.2 Å². The van der Waals surface area contributed by atoms with Gasteiger partial charge in [-0.3, -0.25) is 0 Å². The van der Waals surface area contributed by atoms with E-state index < -0.39 is 43.1 Å². The molecule has 0 aromatic heterocycles. The molecule has 0 aliphatic carbocycles. The molecule has 1 saturated heterocycles. The smallest absolute Gasteiger partial charge is 0.488 e. The van der Waals surface area contributed by atoms with Crippen molar-refractivity contribution in [3.05, 3.63) is 23.8 Å². The van der Waals surface area contributed by atoms with Crippen molar-refractivity contribution in [1.29, 1.82) is 0 Å². The minimum absolute atomic E-state index is 0.0656. The van der Waals surface area contributed by atoms with Crippen LogP contribution in [0.3, 0.4) is 0 Å². The van der Waals surface area contributed by atoms with Crippen molar-refractivity contribution in [3.8, 4) is 5.75 Å². The van der Waals surface area contributed by atoms with Gasteiger partial charge < -0.3 is 14.0 Å². The number of halogens is 5. The Hall–Kier alpha value is -1.35. The van der Waals surface area contributed by atoms with Crippen LogP contribution in [0, 0.1) is 0 Å². The summed E-state index contributed by atoms with van der Waals surface area (Å²) in [5.41, 5.74) is -2.57. The maximum Gasteiger partial charge on any atom is 0.498 e. The molecule has 2 rings (SSSR count). The van der Waals surface area contributed by atoms with Gasteiger partial charge in [-0.25, -0.2) is 8.78 Å². The van der Waals surface area contributed by atoms with E-state index >= 15 is 0 Å². The highest BCUT2D eigenvalue weighted by molar-refractivity contribution is 6.63. The fraction of sp³-hybridized carbons (Fsp3) is 0.600. The third-order valence-electron chi connectivity index (χ3n) is 4.21. The number of ether oxygens (including phenoxy) is 1. The van der Waals surface area contributed by atoms with E-state index in [4.69, 9.17) is 14.0 Å². The first-order valence-corrected chi connectivity index (χ1v) is 7.31. The predicted octanol–water partition coefficient (Wildman–Crippen LogP) is 3.65. The van der Waals surface area contributed by atoms with Gasteiger partial charge in [0.05, 0.1) is 16.8 Å². The zero-order valence-electron chi connectivity index (χ0n) is 13.7. The molecule has 24 heavy (non-hydrogen) atoms. The second kappa shape index (κ2) is 6.18. The first-order valence-electron chi connectivity index (χ1n) is 7.31. The average Bonchev–Trinajstić information content (AvgIpc) is 2.63. The Kier molecular flexibility index (Phi) is 4.89. The molecule has 0 bridgehead atoms. The second-order valence-corrected chi connectivity index (χ2v) is 6.54. The van der Waals surface area contributed by atoms with Crippen LogP contribution in [0.15, 0.2) is 18.2 Å². The van der Waals surface area contributed by atoms with Crippen LogP contribution in [-0.2, 0) is 15.5 Å². The Labute approximate surface area is 137 Å². The summed E-state index contributed by atoms with van der Waals surface area (Å²) >= 11 is 0. The van der Waals surface area contributed by atoms with Crippen LogP contribution in [0.2, 0.25) is 0 Å². The van der Waals surface area contributed by atoms with Crippen LogP contribution in [0.4, 0.5) is 22.0 Å². The summed E-state index contributed by atoms with van der Waals surface area (Å²) in [7, 11) is -1.15. The first-order chi connectivity index (χ1) is 10.8. The molecule has 1 aromatic rings. The number of hydrogen-bond acceptors (Lipinski definition) is 3. The Morgan fingerprint density at radius 2 is 1.62 bits per heavy atom. The second-order valence-electron chi connectivity index (χ2n) is 6.54. The fourth-order valence-corrected chi connectivity index (χ4v) is 2.16. The molecular formula is C15H18BF5O3. The summed E-state index contributed by atoms with van der Waals surface area (Å²) in [6.45, 7) is 6.01. The molecule has 0 N–H and O–H groups in total. The lowest BCUT2D eigenvalue weighted by atomic mass is 9.77. The molecule has 0 amide bonds. The van der Waals surface area contributed by atoms with Crippen molar-refractivity contribution in [3.63, 3.8) is 0 Å². The van der Waals surface area contributed by atoms with Crippen LogP contribution in [0.5, 0.6) is 5.75 Å². The van der Waals surface area contributed by atoms with Gasteiger partial charge in [0.1, 0.15) is 12.4 Å². The van der Waals surface area contributed by atoms with Gasteiger partial charge in [0.25, 0.3) is 6.43 Å². The minimum Gasteiger partial charge on any atom is -0.488 e. The van der Waals surface area contributed by atoms with E-state index in [9.17, 15) is 22.0 Å². The molecular weight excluding hydrogens is 334 g/mol. The number of alkyl halides is 5. The van der Waals surface area contributed by atoms with Gasteiger partial charge in [-0.05, 0) is 45.9 Å². The average molecular weight is 352 g/mol. The van der Waals surface area contributed by atoms with Gasteiger partial charge in [-0.15, -0.1) is 0 Å². The summed E-state index contributed by atoms with van der Waals surface area (Å²) < 4.78 is 80.0. The molecule has 1 heterocycles. The lowest BCUT2D eigenvalue weighted by Crippen LogP contribution is -2.41. The Morgan fingerprint density at radius 1 is 1.08 bits per heavy atom. The molecule has 1 fully saturated rings. The molecule has 3 nitrogen and oxygen atoms in total. The van der Waals surface area contributed by atoms with Crippen LogP contribution in [0.1, 0.15) is 33.3 Å². The first kappa shape index (κ1) is 19.0. The summed E-state index contributed by atoms with van der Waals surface area (Å²) in [4.78, 5) is 0. The maximum atomic E-state index is 13.0. The van der Waals surface area contributed by atoms with Crippen LogP contribution in [-0.4, -0.2) is 31.4 Å². The Morgan fingerprint density at radius 3 is 2.08 bits per heavy atom. The molecule has 1 aliphatic heterocycles. The molecule has 134 valence electrons. The van der Waals surface area contributed by atoms with Crippen molar-refractivity contribution in [2.45, 2.75) is 51.5 Å². The van der Waals surface area contributed by atoms with Crippen LogP contribution in [0.25, 0.3) is 0 Å². The zero-order valence-corrected chi connectivity index (χ0v) is 13.7. The van der Waals surface area contributed by atoms with E-state index in [0.29, 0.717) is 0 Å². The van der Waals surface area contributed by atoms with E-state index in [1.807, 2.05) is 0 Å². The molecule has 0 spiro atoms. The van der Waals surface area contributed by atoms with Gasteiger partial charge in [0.2, 0.25) is 0 Å². The predicted molar refractivity (Wildman–Crippen MR) is 78.7 cm³/mol. The van der Waals surface area contributed by atoms with E-state index in [1.54, 1.807) is 27.7 Å². The molecule has 1 aliphatic rings. The monoisotopic (exact) mass is 352 g/mol. The van der Waals surface area contributed by atoms with Crippen molar-refractivity contribution >= 4 is 12.6 Å². The molecule has 0 atom stereocenters. The number of hydrogen-bond donors (Lipinski definition) is 0. The van der Waals surface area contributed by atoms with Crippen LogP contribution >= 0.6 is 0 Å². The van der Waals surface area contributed by atoms with E-state index in [2.05, 4.69) is 0 Å². The third-order valence-corrected chi connectivity index (χ3v) is 4.21. The lowest BCUT2D eigenvalue weighted by molar-refractivity contribution is -0.137. The normalized spacial score (nSPS) is 19.8. The van der Waals surface area contributed by atoms with Crippen molar-refractivity contribution in [1.82, 2.24) is 0 Å². The van der Waals surface area contributed by atoms with E-state index in [0.717, 1.165) is 18.2 Å².